The van der Waals surface area contributed by atoms with E-state index in [2.05, 4.69) is 33.2 Å². The zero-order valence-corrected chi connectivity index (χ0v) is 33.4. The number of nitrogens with two attached hydrogens (primary N) is 1. The standard InChI is InChI=1S/C49H41N7O6/c1-32(44(57)51-38-21-12-22-39(29-38)53-46(59)34-15-6-3-7-16-34)27-37(48(61)55-41-24-13-23-40(30-41)54-47(60)35-17-8-4-9-18-35)28-33(2)45(58)52-42-25-14-26-43(31-42)56(50)49(62)36-19-10-5-11-20-36/h3-31H,2,50H2,1H3,(H,51,57)(H,52,58)(H,53,59)(H,54,60)(H,55,61). The molecule has 62 heavy (non-hydrogen) atoms. The van der Waals surface area contributed by atoms with E-state index in [9.17, 15) is 28.8 Å². The van der Waals surface area contributed by atoms with Gasteiger partial charge in [0.25, 0.3) is 35.4 Å². The molecule has 0 saturated carbocycles. The van der Waals surface area contributed by atoms with Gasteiger partial charge in [0.2, 0.25) is 0 Å². The number of hydrogen-bond acceptors (Lipinski definition) is 7. The summed E-state index contributed by atoms with van der Waals surface area (Å²) in [4.78, 5) is 79.5. The number of benzene rings is 6. The maximum atomic E-state index is 14.0. The van der Waals surface area contributed by atoms with Crippen molar-refractivity contribution < 1.29 is 28.8 Å². The number of amides is 6. The van der Waals surface area contributed by atoms with Crippen molar-refractivity contribution in [3.63, 3.8) is 0 Å². The molecule has 0 atom stereocenters. The zero-order chi connectivity index (χ0) is 44.0. The molecule has 0 aliphatic rings. The molecular formula is C49H41N7O6. The summed E-state index contributed by atoms with van der Waals surface area (Å²) >= 11 is 0. The summed E-state index contributed by atoms with van der Waals surface area (Å²) in [5.41, 5.74) is 3.19. The maximum absolute atomic E-state index is 14.0. The monoisotopic (exact) mass is 823 g/mol. The predicted molar refractivity (Wildman–Crippen MR) is 242 cm³/mol. The summed E-state index contributed by atoms with van der Waals surface area (Å²) in [7, 11) is 0. The van der Waals surface area contributed by atoms with Gasteiger partial charge >= 0.3 is 0 Å². The van der Waals surface area contributed by atoms with Crippen LogP contribution in [0.1, 0.15) is 38.0 Å². The highest BCUT2D eigenvalue weighted by Gasteiger charge is 2.18. The number of anilines is 6. The fraction of sp³-hybridized carbons (Fsp3) is 0.0204. The first kappa shape index (κ1) is 42.9. The van der Waals surface area contributed by atoms with Gasteiger partial charge in [-0.1, -0.05) is 79.4 Å². The van der Waals surface area contributed by atoms with E-state index in [4.69, 9.17) is 5.84 Å². The highest BCUT2D eigenvalue weighted by molar-refractivity contribution is 6.13. The fourth-order valence-corrected chi connectivity index (χ4v) is 5.87. The van der Waals surface area contributed by atoms with Gasteiger partial charge in [-0.2, -0.15) is 0 Å². The lowest BCUT2D eigenvalue weighted by Gasteiger charge is -2.18. The molecule has 13 nitrogen and oxygen atoms in total. The van der Waals surface area contributed by atoms with E-state index in [0.29, 0.717) is 45.1 Å². The Morgan fingerprint density at radius 1 is 0.468 bits per heavy atom. The molecule has 0 heterocycles. The minimum Gasteiger partial charge on any atom is -0.322 e. The van der Waals surface area contributed by atoms with Gasteiger partial charge in [0.05, 0.1) is 5.69 Å². The van der Waals surface area contributed by atoms with Crippen LogP contribution in [0.2, 0.25) is 0 Å². The van der Waals surface area contributed by atoms with E-state index >= 15 is 0 Å². The Kier molecular flexibility index (Phi) is 14.1. The summed E-state index contributed by atoms with van der Waals surface area (Å²) in [5.74, 6) is 3.03. The molecule has 6 aromatic carbocycles. The molecule has 0 spiro atoms. The topological polar surface area (TPSA) is 192 Å². The second-order valence-corrected chi connectivity index (χ2v) is 13.7. The number of carbonyl (C=O) groups excluding carboxylic acids is 6. The highest BCUT2D eigenvalue weighted by Crippen LogP contribution is 2.23. The van der Waals surface area contributed by atoms with Crippen LogP contribution in [0.5, 0.6) is 0 Å². The van der Waals surface area contributed by atoms with E-state index in [1.165, 1.54) is 25.1 Å². The van der Waals surface area contributed by atoms with Crippen molar-refractivity contribution in [2.45, 2.75) is 6.92 Å². The molecule has 6 rings (SSSR count). The molecule has 6 amide bonds. The highest BCUT2D eigenvalue weighted by atomic mass is 16.2. The minimum absolute atomic E-state index is 0.0843. The Bertz CT molecular complexity index is 2720. The van der Waals surface area contributed by atoms with Gasteiger partial charge < -0.3 is 26.6 Å². The largest absolute Gasteiger partial charge is 0.322 e. The third-order valence-electron chi connectivity index (χ3n) is 9.06. The zero-order valence-electron chi connectivity index (χ0n) is 33.4. The van der Waals surface area contributed by atoms with Crippen LogP contribution >= 0.6 is 0 Å². The van der Waals surface area contributed by atoms with Gasteiger partial charge in [0.15, 0.2) is 0 Å². The molecule has 0 aliphatic heterocycles. The van der Waals surface area contributed by atoms with Crippen molar-refractivity contribution >= 4 is 69.6 Å². The van der Waals surface area contributed by atoms with E-state index in [-0.39, 0.29) is 34.2 Å². The summed E-state index contributed by atoms with van der Waals surface area (Å²) in [5, 5.41) is 14.8. The Hall–Kier alpha value is -8.68. The maximum Gasteiger partial charge on any atom is 0.272 e. The van der Waals surface area contributed by atoms with Gasteiger partial charge in [-0.25, -0.2) is 10.9 Å². The van der Waals surface area contributed by atoms with Crippen LogP contribution in [0.3, 0.4) is 0 Å². The molecule has 0 bridgehead atoms. The third-order valence-corrected chi connectivity index (χ3v) is 9.06. The van der Waals surface area contributed by atoms with Gasteiger partial charge in [-0.15, -0.1) is 0 Å². The van der Waals surface area contributed by atoms with Crippen LogP contribution in [0.4, 0.5) is 34.1 Å². The molecule has 0 fully saturated rings. The average molecular weight is 824 g/mol. The van der Waals surface area contributed by atoms with E-state index in [0.717, 1.165) is 5.01 Å². The molecule has 6 aromatic rings. The van der Waals surface area contributed by atoms with E-state index < -0.39 is 23.6 Å². The Morgan fingerprint density at radius 3 is 1.37 bits per heavy atom. The second kappa shape index (κ2) is 20.3. The van der Waals surface area contributed by atoms with Crippen molar-refractivity contribution in [2.75, 3.05) is 31.6 Å². The molecule has 0 radical (unpaired) electrons. The average Bonchev–Trinajstić information content (AvgIpc) is 3.29. The molecule has 13 heteroatoms. The predicted octanol–water partition coefficient (Wildman–Crippen LogP) is 8.36. The molecule has 308 valence electrons. The van der Waals surface area contributed by atoms with Crippen molar-refractivity contribution in [3.05, 3.63) is 216 Å². The fourth-order valence-electron chi connectivity index (χ4n) is 5.87. The van der Waals surface area contributed by atoms with Crippen LogP contribution in [0, 0.1) is 0 Å². The van der Waals surface area contributed by atoms with E-state index in [1.54, 1.807) is 158 Å². The Balaban J connectivity index is 1.21. The third kappa shape index (κ3) is 11.7. The Labute approximate surface area is 357 Å². The van der Waals surface area contributed by atoms with Gasteiger partial charge in [-0.05, 0) is 110 Å². The Morgan fingerprint density at radius 2 is 0.871 bits per heavy atom. The second-order valence-electron chi connectivity index (χ2n) is 13.7. The quantitative estimate of drug-likeness (QED) is 0.0209. The lowest BCUT2D eigenvalue weighted by atomic mass is 10.1. The first-order chi connectivity index (χ1) is 29.9. The van der Waals surface area contributed by atoms with Crippen LogP contribution < -0.4 is 37.4 Å². The summed E-state index contributed by atoms with van der Waals surface area (Å²) < 4.78 is 0. The van der Waals surface area contributed by atoms with Gasteiger partial charge in [0.1, 0.15) is 0 Å². The number of hydrazine groups is 1. The first-order valence-electron chi connectivity index (χ1n) is 19.1. The molecule has 7 N–H and O–H groups in total. The SMILES string of the molecule is C=C(C=C(C=C(C)C(=O)Nc1cccc(NC(=O)c2ccccc2)c1)C(=O)Nc1cccc(NC(=O)c2ccccc2)c1)C(=O)Nc1cccc(N(N)C(=O)c2ccccc2)c1. The lowest BCUT2D eigenvalue weighted by Crippen LogP contribution is -2.37. The van der Waals surface area contributed by atoms with Crippen LogP contribution in [-0.4, -0.2) is 35.4 Å². The number of rotatable bonds is 14. The normalized spacial score (nSPS) is 11.1. The van der Waals surface area contributed by atoms with Gasteiger partial charge in [-0.3, -0.25) is 28.8 Å². The number of carbonyl (C=O) groups is 6. The molecular weight excluding hydrogens is 783 g/mol. The van der Waals surface area contributed by atoms with Crippen LogP contribution in [0.15, 0.2) is 199 Å². The summed E-state index contributed by atoms with van der Waals surface area (Å²) in [6, 6.07) is 45.1. The van der Waals surface area contributed by atoms with Crippen LogP contribution in [0.25, 0.3) is 0 Å². The van der Waals surface area contributed by atoms with Gasteiger partial charge in [0, 0.05) is 61.8 Å². The minimum atomic E-state index is -0.705. The first-order valence-corrected chi connectivity index (χ1v) is 19.1. The van der Waals surface area contributed by atoms with Crippen molar-refractivity contribution in [2.24, 2.45) is 5.84 Å². The lowest BCUT2D eigenvalue weighted by molar-refractivity contribution is -0.113. The number of hydrogen-bond donors (Lipinski definition) is 6. The van der Waals surface area contributed by atoms with Crippen molar-refractivity contribution in [3.8, 4) is 0 Å². The number of nitrogens with one attached hydrogen (secondary N) is 5. The van der Waals surface area contributed by atoms with E-state index in [1.807, 2.05) is 0 Å². The van der Waals surface area contributed by atoms with Crippen molar-refractivity contribution in [1.29, 1.82) is 0 Å². The summed E-state index contributed by atoms with van der Waals surface area (Å²) in [6.45, 7) is 5.37. The molecule has 0 unspecified atom stereocenters. The van der Waals surface area contributed by atoms with Crippen molar-refractivity contribution in [1.82, 2.24) is 0 Å². The molecule has 0 aliphatic carbocycles. The molecule has 0 saturated heterocycles. The summed E-state index contributed by atoms with van der Waals surface area (Å²) in [6.07, 6.45) is 2.52. The van der Waals surface area contributed by atoms with Crippen LogP contribution in [-0.2, 0) is 14.4 Å². The molecule has 0 aromatic heterocycles. The smallest absolute Gasteiger partial charge is 0.272 e. The number of nitrogens with zero attached hydrogens (tertiary/aromatic N) is 1.